The average Bonchev–Trinajstić information content (AvgIpc) is 3.22. The number of hydrazine groups is 1. The van der Waals surface area contributed by atoms with Crippen LogP contribution >= 0.6 is 0 Å². The second kappa shape index (κ2) is 10.8. The summed E-state index contributed by atoms with van der Waals surface area (Å²) < 4.78 is 12.0. The van der Waals surface area contributed by atoms with Crippen LogP contribution in [0.4, 0.5) is 5.69 Å². The number of hydrogen-bond donors (Lipinski definition) is 2. The maximum atomic E-state index is 10.3. The van der Waals surface area contributed by atoms with E-state index in [1.165, 1.54) is 12.3 Å². The van der Waals surface area contributed by atoms with Crippen molar-refractivity contribution in [2.24, 2.45) is 0 Å². The molecule has 7 nitrogen and oxygen atoms in total. The Bertz CT molecular complexity index is 1130. The van der Waals surface area contributed by atoms with Crippen LogP contribution in [0.1, 0.15) is 18.9 Å². The van der Waals surface area contributed by atoms with Gasteiger partial charge >= 0.3 is 0 Å². The maximum absolute atomic E-state index is 10.3. The van der Waals surface area contributed by atoms with Crippen molar-refractivity contribution < 1.29 is 19.1 Å². The number of amides is 1. The lowest BCUT2D eigenvalue weighted by molar-refractivity contribution is -0.126. The van der Waals surface area contributed by atoms with E-state index in [4.69, 9.17) is 9.47 Å². The first-order valence-electron chi connectivity index (χ1n) is 11.0. The van der Waals surface area contributed by atoms with Crippen molar-refractivity contribution in [3.05, 3.63) is 103 Å². The number of nitrogens with zero attached hydrogens (tertiary/aromatic N) is 1. The topological polar surface area (TPSA) is 79.9 Å². The van der Waals surface area contributed by atoms with E-state index in [1.807, 2.05) is 72.8 Å². The van der Waals surface area contributed by atoms with Gasteiger partial charge in [0.15, 0.2) is 5.78 Å². The zero-order valence-electron chi connectivity index (χ0n) is 18.9. The van der Waals surface area contributed by atoms with Gasteiger partial charge in [0.25, 0.3) is 0 Å². The van der Waals surface area contributed by atoms with E-state index in [-0.39, 0.29) is 23.7 Å². The number of carbonyl (C=O) groups excluding carboxylic acids is 2. The van der Waals surface area contributed by atoms with E-state index in [9.17, 15) is 9.59 Å². The minimum absolute atomic E-state index is 0.00347. The van der Waals surface area contributed by atoms with Gasteiger partial charge in [-0.05, 0) is 55.0 Å². The molecule has 7 heteroatoms. The highest BCUT2D eigenvalue weighted by molar-refractivity contribution is 6.06. The van der Waals surface area contributed by atoms with Crippen molar-refractivity contribution >= 4 is 17.4 Å². The van der Waals surface area contributed by atoms with Gasteiger partial charge in [-0.25, -0.2) is 0 Å². The van der Waals surface area contributed by atoms with E-state index >= 15 is 0 Å². The van der Waals surface area contributed by atoms with Crippen LogP contribution in [-0.2, 0) is 19.9 Å². The normalized spacial score (nSPS) is 19.7. The Morgan fingerprint density at radius 3 is 2.18 bits per heavy atom. The van der Waals surface area contributed by atoms with Crippen LogP contribution in [0.3, 0.4) is 0 Å². The van der Waals surface area contributed by atoms with Crippen LogP contribution in [0.2, 0.25) is 0 Å². The lowest BCUT2D eigenvalue weighted by atomic mass is 9.96. The van der Waals surface area contributed by atoms with Crippen molar-refractivity contribution in [1.82, 2.24) is 10.3 Å². The summed E-state index contributed by atoms with van der Waals surface area (Å²) in [6.45, 7) is 3.42. The van der Waals surface area contributed by atoms with Gasteiger partial charge < -0.3 is 20.2 Å². The van der Waals surface area contributed by atoms with Gasteiger partial charge in [0.1, 0.15) is 23.8 Å². The van der Waals surface area contributed by atoms with Crippen LogP contribution in [-0.4, -0.2) is 30.0 Å². The quantitative estimate of drug-likeness (QED) is 0.545. The molecule has 5 rings (SSSR count). The number of benzene rings is 3. The Balaban J connectivity index is 0.000000291. The van der Waals surface area contributed by atoms with E-state index in [0.29, 0.717) is 6.73 Å². The van der Waals surface area contributed by atoms with Crippen LogP contribution < -0.4 is 15.5 Å². The van der Waals surface area contributed by atoms with Crippen LogP contribution in [0.5, 0.6) is 11.5 Å². The molecule has 34 heavy (non-hydrogen) atoms. The molecule has 0 radical (unpaired) electrons. The molecule has 1 atom stereocenters. The number of rotatable bonds is 5. The highest BCUT2D eigenvalue weighted by atomic mass is 16.5. The third-order valence-electron chi connectivity index (χ3n) is 5.38. The van der Waals surface area contributed by atoms with Crippen LogP contribution in [0.25, 0.3) is 0 Å². The number of allylic oxidation sites excluding steroid dienone is 1. The zero-order valence-corrected chi connectivity index (χ0v) is 18.9. The first-order chi connectivity index (χ1) is 16.5. The summed E-state index contributed by atoms with van der Waals surface area (Å²) in [6.07, 6.45) is 2.70. The minimum atomic E-state index is -0.354. The Hall–Kier alpha value is -3.94. The standard InChI is InChI=1S/C22H22N2O2.C5H5NO2/c1-22(16-24(17-25-22)23-19-8-4-2-5-9-19)18-12-14-21(15-13-18)26-20-10-6-3-7-11-20;7-4-1-2-6-5(8)3-4/h2-15,23H,16-17H2,1H3;1-2H,3H2,(H,6,8). The second-order valence-electron chi connectivity index (χ2n) is 8.16. The van der Waals surface area contributed by atoms with Crippen molar-refractivity contribution in [2.75, 3.05) is 18.7 Å². The summed E-state index contributed by atoms with van der Waals surface area (Å²) in [4.78, 5) is 20.6. The fourth-order valence-corrected chi connectivity index (χ4v) is 3.61. The number of carbonyl (C=O) groups is 2. The van der Waals surface area contributed by atoms with Gasteiger partial charge in [-0.15, -0.1) is 0 Å². The molecule has 0 aliphatic carbocycles. The van der Waals surface area contributed by atoms with Gasteiger partial charge in [-0.3, -0.25) is 9.59 Å². The lowest BCUT2D eigenvalue weighted by Gasteiger charge is -2.24. The third kappa shape index (κ3) is 6.31. The number of nitrogens with one attached hydrogen (secondary N) is 2. The van der Waals surface area contributed by atoms with Gasteiger partial charge in [-0.1, -0.05) is 48.5 Å². The zero-order chi connectivity index (χ0) is 23.8. The fourth-order valence-electron chi connectivity index (χ4n) is 3.61. The lowest BCUT2D eigenvalue weighted by Crippen LogP contribution is -2.32. The molecule has 2 aliphatic heterocycles. The Kier molecular flexibility index (Phi) is 7.37. The molecule has 0 spiro atoms. The summed E-state index contributed by atoms with van der Waals surface area (Å²) in [5.74, 6) is 1.30. The van der Waals surface area contributed by atoms with Gasteiger partial charge in [0, 0.05) is 11.9 Å². The fraction of sp³-hybridized carbons (Fsp3) is 0.185. The predicted octanol–water partition coefficient (Wildman–Crippen LogP) is 4.60. The largest absolute Gasteiger partial charge is 0.457 e. The summed E-state index contributed by atoms with van der Waals surface area (Å²) in [7, 11) is 0. The molecule has 2 heterocycles. The second-order valence-corrected chi connectivity index (χ2v) is 8.16. The van der Waals surface area contributed by atoms with Crippen molar-refractivity contribution in [1.29, 1.82) is 0 Å². The molecule has 3 aromatic rings. The van der Waals surface area contributed by atoms with Crippen molar-refractivity contribution in [3.63, 3.8) is 0 Å². The maximum Gasteiger partial charge on any atom is 0.231 e. The number of ether oxygens (including phenoxy) is 2. The summed E-state index contributed by atoms with van der Waals surface area (Å²) >= 11 is 0. The molecule has 0 saturated carbocycles. The van der Waals surface area contributed by atoms with Gasteiger partial charge in [0.05, 0.1) is 13.0 Å². The van der Waals surface area contributed by atoms with Crippen LogP contribution in [0.15, 0.2) is 97.2 Å². The Morgan fingerprint density at radius 2 is 1.56 bits per heavy atom. The summed E-state index contributed by atoms with van der Waals surface area (Å²) in [5.41, 5.74) is 5.24. The van der Waals surface area contributed by atoms with Crippen LogP contribution in [0, 0.1) is 0 Å². The molecule has 1 unspecified atom stereocenters. The molecule has 1 saturated heterocycles. The van der Waals surface area contributed by atoms with Gasteiger partial charge in [0.2, 0.25) is 5.91 Å². The number of ketones is 1. The molecule has 3 aromatic carbocycles. The smallest absolute Gasteiger partial charge is 0.231 e. The van der Waals surface area contributed by atoms with E-state index < -0.39 is 0 Å². The van der Waals surface area contributed by atoms with Crippen molar-refractivity contribution in [2.45, 2.75) is 18.9 Å². The first-order valence-corrected chi connectivity index (χ1v) is 11.0. The molecule has 1 amide bonds. The molecule has 0 aromatic heterocycles. The Morgan fingerprint density at radius 1 is 0.912 bits per heavy atom. The number of para-hydroxylation sites is 2. The summed E-state index contributed by atoms with van der Waals surface area (Å²) in [6, 6.07) is 28.1. The third-order valence-corrected chi connectivity index (χ3v) is 5.38. The highest BCUT2D eigenvalue weighted by Gasteiger charge is 2.36. The SMILES string of the molecule is CC1(c2ccc(Oc3ccccc3)cc2)CN(Nc2ccccc2)CO1.O=C1C=CNC(=O)C1. The van der Waals surface area contributed by atoms with E-state index in [0.717, 1.165) is 29.3 Å². The molecular formula is C27H27N3O4. The number of hydrogen-bond acceptors (Lipinski definition) is 6. The molecular weight excluding hydrogens is 430 g/mol. The molecule has 0 bridgehead atoms. The highest BCUT2D eigenvalue weighted by Crippen LogP contribution is 2.33. The molecule has 174 valence electrons. The van der Waals surface area contributed by atoms with E-state index in [2.05, 4.69) is 34.8 Å². The number of anilines is 1. The van der Waals surface area contributed by atoms with E-state index in [1.54, 1.807) is 0 Å². The molecule has 2 N–H and O–H groups in total. The summed E-state index contributed by atoms with van der Waals surface area (Å²) in [5, 5.41) is 4.46. The first kappa shape index (κ1) is 23.2. The molecule has 1 fully saturated rings. The van der Waals surface area contributed by atoms with Gasteiger partial charge in [-0.2, -0.15) is 5.01 Å². The predicted molar refractivity (Wildman–Crippen MR) is 130 cm³/mol. The monoisotopic (exact) mass is 457 g/mol. The minimum Gasteiger partial charge on any atom is -0.457 e. The molecule has 2 aliphatic rings. The van der Waals surface area contributed by atoms with Crippen molar-refractivity contribution in [3.8, 4) is 11.5 Å². The average molecular weight is 458 g/mol. The Labute approximate surface area is 199 Å².